The molecule has 0 aliphatic heterocycles. The van der Waals surface area contributed by atoms with Crippen molar-refractivity contribution in [2.45, 2.75) is 31.1 Å². The number of carbonyl (C=O) groups is 1. The molecule has 0 bridgehead atoms. The second-order valence-corrected chi connectivity index (χ2v) is 10.2. The van der Waals surface area contributed by atoms with Crippen molar-refractivity contribution in [1.82, 2.24) is 9.73 Å². The Morgan fingerprint density at radius 3 is 2.37 bits per heavy atom. The van der Waals surface area contributed by atoms with Gasteiger partial charge in [0, 0.05) is 7.05 Å². The SMILES string of the molecule is COc1ccc(S(=O)(=O)N(C)CC(=O)N/N=C\c2ccc(C(C)(C)C)cc2)cc1Cl. The summed E-state index contributed by atoms with van der Waals surface area (Å²) < 4.78 is 31.2. The molecule has 0 aliphatic rings. The van der Waals surface area contributed by atoms with Crippen LogP contribution in [0.4, 0.5) is 0 Å². The predicted molar refractivity (Wildman–Crippen MR) is 119 cm³/mol. The highest BCUT2D eigenvalue weighted by atomic mass is 35.5. The summed E-state index contributed by atoms with van der Waals surface area (Å²) in [4.78, 5) is 12.1. The molecule has 2 rings (SSSR count). The zero-order chi connectivity index (χ0) is 22.5. The number of nitrogens with zero attached hydrogens (tertiary/aromatic N) is 2. The molecule has 9 heteroatoms. The van der Waals surface area contributed by atoms with Gasteiger partial charge in [-0.1, -0.05) is 56.6 Å². The number of carbonyl (C=O) groups excluding carboxylic acids is 1. The molecule has 0 atom stereocenters. The Bertz CT molecular complexity index is 1030. The number of nitrogens with one attached hydrogen (secondary N) is 1. The number of hydrazone groups is 1. The van der Waals surface area contributed by atoms with E-state index in [0.29, 0.717) is 5.75 Å². The van der Waals surface area contributed by atoms with Gasteiger partial charge in [-0.3, -0.25) is 4.79 Å². The molecule has 162 valence electrons. The summed E-state index contributed by atoms with van der Waals surface area (Å²) in [6.45, 7) is 5.98. The van der Waals surface area contributed by atoms with E-state index < -0.39 is 22.5 Å². The number of ether oxygens (including phenoxy) is 1. The van der Waals surface area contributed by atoms with Gasteiger partial charge in [-0.15, -0.1) is 0 Å². The molecule has 30 heavy (non-hydrogen) atoms. The van der Waals surface area contributed by atoms with Gasteiger partial charge in [-0.2, -0.15) is 9.41 Å². The van der Waals surface area contributed by atoms with Crippen molar-refractivity contribution in [2.24, 2.45) is 5.10 Å². The molecule has 0 radical (unpaired) electrons. The Hall–Kier alpha value is -2.42. The van der Waals surface area contributed by atoms with Gasteiger partial charge >= 0.3 is 0 Å². The quantitative estimate of drug-likeness (QED) is 0.516. The van der Waals surface area contributed by atoms with E-state index >= 15 is 0 Å². The van der Waals surface area contributed by atoms with E-state index in [1.165, 1.54) is 44.1 Å². The monoisotopic (exact) mass is 451 g/mol. The molecule has 0 saturated carbocycles. The Morgan fingerprint density at radius 2 is 1.83 bits per heavy atom. The van der Waals surface area contributed by atoms with Gasteiger partial charge in [-0.05, 0) is 34.7 Å². The van der Waals surface area contributed by atoms with Crippen LogP contribution in [0.5, 0.6) is 5.75 Å². The van der Waals surface area contributed by atoms with Crippen LogP contribution in [0.15, 0.2) is 52.5 Å². The summed E-state index contributed by atoms with van der Waals surface area (Å²) in [5.41, 5.74) is 4.39. The highest BCUT2D eigenvalue weighted by molar-refractivity contribution is 7.89. The smallest absolute Gasteiger partial charge is 0.255 e. The molecular weight excluding hydrogens is 426 g/mol. The van der Waals surface area contributed by atoms with Crippen molar-refractivity contribution in [3.8, 4) is 5.75 Å². The fraction of sp³-hybridized carbons (Fsp3) is 0.333. The second kappa shape index (κ2) is 9.59. The fourth-order valence-corrected chi connectivity index (χ4v) is 4.03. The lowest BCUT2D eigenvalue weighted by Gasteiger charge is -2.18. The summed E-state index contributed by atoms with van der Waals surface area (Å²) in [6, 6.07) is 11.9. The first-order valence-corrected chi connectivity index (χ1v) is 11.0. The van der Waals surface area contributed by atoms with Crippen molar-refractivity contribution in [3.63, 3.8) is 0 Å². The number of hydrogen-bond donors (Lipinski definition) is 1. The molecule has 0 spiro atoms. The number of methoxy groups -OCH3 is 1. The summed E-state index contributed by atoms with van der Waals surface area (Å²) in [6.07, 6.45) is 1.50. The Labute approximate surface area is 182 Å². The van der Waals surface area contributed by atoms with Gasteiger partial charge in [0.1, 0.15) is 5.75 Å². The van der Waals surface area contributed by atoms with E-state index in [1.54, 1.807) is 0 Å². The van der Waals surface area contributed by atoms with Gasteiger partial charge in [-0.25, -0.2) is 13.8 Å². The molecular formula is C21H26ClN3O4S. The predicted octanol–water partition coefficient (Wildman–Crippen LogP) is 3.42. The third kappa shape index (κ3) is 6.04. The summed E-state index contributed by atoms with van der Waals surface area (Å²) in [7, 11) is -1.15. The minimum absolute atomic E-state index is 0.0361. The summed E-state index contributed by atoms with van der Waals surface area (Å²) in [5.74, 6) is -0.205. The lowest BCUT2D eigenvalue weighted by atomic mass is 9.87. The number of likely N-dealkylation sites (N-methyl/N-ethyl adjacent to an activating group) is 1. The number of benzene rings is 2. The van der Waals surface area contributed by atoms with Crippen molar-refractivity contribution in [2.75, 3.05) is 20.7 Å². The van der Waals surface area contributed by atoms with E-state index in [-0.39, 0.29) is 15.3 Å². The van der Waals surface area contributed by atoms with Crippen LogP contribution in [0.1, 0.15) is 31.9 Å². The van der Waals surface area contributed by atoms with Crippen LogP contribution < -0.4 is 10.2 Å². The average Bonchev–Trinajstić information content (AvgIpc) is 2.67. The number of hydrogen-bond acceptors (Lipinski definition) is 5. The van der Waals surface area contributed by atoms with Gasteiger partial charge < -0.3 is 4.74 Å². The molecule has 0 heterocycles. The van der Waals surface area contributed by atoms with Crippen LogP contribution >= 0.6 is 11.6 Å². The molecule has 7 nitrogen and oxygen atoms in total. The average molecular weight is 452 g/mol. The minimum Gasteiger partial charge on any atom is -0.495 e. The number of halogens is 1. The van der Waals surface area contributed by atoms with E-state index in [4.69, 9.17) is 16.3 Å². The van der Waals surface area contributed by atoms with E-state index in [0.717, 1.165) is 9.87 Å². The number of amides is 1. The molecule has 0 aliphatic carbocycles. The van der Waals surface area contributed by atoms with Gasteiger partial charge in [0.25, 0.3) is 5.91 Å². The van der Waals surface area contributed by atoms with Crippen molar-refractivity contribution in [1.29, 1.82) is 0 Å². The van der Waals surface area contributed by atoms with E-state index in [2.05, 4.69) is 31.3 Å². The van der Waals surface area contributed by atoms with Gasteiger partial charge in [0.2, 0.25) is 10.0 Å². The first-order valence-electron chi connectivity index (χ1n) is 9.17. The minimum atomic E-state index is -3.90. The standard InChI is InChI=1S/C21H26ClN3O4S/c1-21(2,3)16-8-6-15(7-9-16)13-23-24-20(26)14-25(4)30(27,28)17-10-11-19(29-5)18(22)12-17/h6-13H,14H2,1-5H3,(H,24,26)/b23-13-. The normalized spacial score (nSPS) is 12.4. The highest BCUT2D eigenvalue weighted by Gasteiger charge is 2.24. The van der Waals surface area contributed by atoms with Crippen molar-refractivity contribution < 1.29 is 17.9 Å². The third-order valence-corrected chi connectivity index (χ3v) is 6.47. The number of sulfonamides is 1. The first kappa shape index (κ1) is 23.9. The number of rotatable bonds is 7. The van der Waals surface area contributed by atoms with Crippen molar-refractivity contribution >= 4 is 33.7 Å². The fourth-order valence-electron chi connectivity index (χ4n) is 2.56. The Kier molecular flexibility index (Phi) is 7.63. The summed E-state index contributed by atoms with van der Waals surface area (Å²) >= 11 is 6.00. The van der Waals surface area contributed by atoms with Crippen LogP contribution in [-0.4, -0.2) is 45.5 Å². The van der Waals surface area contributed by atoms with Crippen LogP contribution in [0.2, 0.25) is 5.02 Å². The Balaban J connectivity index is 1.98. The van der Waals surface area contributed by atoms with Crippen LogP contribution in [0.3, 0.4) is 0 Å². The third-order valence-electron chi connectivity index (χ3n) is 4.38. The first-order chi connectivity index (χ1) is 13.9. The zero-order valence-electron chi connectivity index (χ0n) is 17.6. The summed E-state index contributed by atoms with van der Waals surface area (Å²) in [5, 5.41) is 4.06. The molecule has 1 amide bonds. The molecule has 0 aromatic heterocycles. The molecule has 0 unspecified atom stereocenters. The molecule has 0 saturated heterocycles. The molecule has 2 aromatic rings. The highest BCUT2D eigenvalue weighted by Crippen LogP contribution is 2.28. The maximum atomic E-state index is 12.6. The molecule has 2 aromatic carbocycles. The van der Waals surface area contributed by atoms with Crippen LogP contribution in [0, 0.1) is 0 Å². The lowest BCUT2D eigenvalue weighted by molar-refractivity contribution is -0.121. The Morgan fingerprint density at radius 1 is 1.20 bits per heavy atom. The zero-order valence-corrected chi connectivity index (χ0v) is 19.2. The largest absolute Gasteiger partial charge is 0.495 e. The lowest BCUT2D eigenvalue weighted by Crippen LogP contribution is -2.36. The van der Waals surface area contributed by atoms with Crippen LogP contribution in [0.25, 0.3) is 0 Å². The topological polar surface area (TPSA) is 88.1 Å². The van der Waals surface area contributed by atoms with E-state index in [1.807, 2.05) is 24.3 Å². The van der Waals surface area contributed by atoms with Crippen LogP contribution in [-0.2, 0) is 20.2 Å². The second-order valence-electron chi connectivity index (χ2n) is 7.72. The van der Waals surface area contributed by atoms with Gasteiger partial charge in [0.15, 0.2) is 0 Å². The maximum Gasteiger partial charge on any atom is 0.255 e. The van der Waals surface area contributed by atoms with Gasteiger partial charge in [0.05, 0.1) is 29.8 Å². The van der Waals surface area contributed by atoms with E-state index in [9.17, 15) is 13.2 Å². The maximum absolute atomic E-state index is 12.6. The van der Waals surface area contributed by atoms with Crippen molar-refractivity contribution in [3.05, 3.63) is 58.6 Å². The molecule has 1 N–H and O–H groups in total. The molecule has 0 fully saturated rings.